The van der Waals surface area contributed by atoms with Gasteiger partial charge in [-0.1, -0.05) is 41.6 Å². The number of aromatic nitrogens is 3. The van der Waals surface area contributed by atoms with Crippen molar-refractivity contribution in [3.05, 3.63) is 94.6 Å². The third kappa shape index (κ3) is 3.94. The number of aliphatic hydroxyl groups excluding tert-OH is 1. The predicted octanol–water partition coefficient (Wildman–Crippen LogP) is 4.34. The van der Waals surface area contributed by atoms with Crippen molar-refractivity contribution in [3.8, 4) is 11.3 Å². The standard InChI is InChI=1S/C24H21FN4O2S/c25-18-10-8-16(9-11-18)19-14-29(27-26-19)21-13-20(17-5-2-1-3-6-17)28(15-22(21)30)24(31)23-7-4-12-32-23/h1-12,14,20-22,30H,13,15H2/t20-,21-,22-/m1/s1. The predicted molar refractivity (Wildman–Crippen MR) is 120 cm³/mol. The van der Waals surface area contributed by atoms with E-state index >= 15 is 0 Å². The minimum atomic E-state index is -0.804. The van der Waals surface area contributed by atoms with Gasteiger partial charge in [0.05, 0.1) is 29.3 Å². The summed E-state index contributed by atoms with van der Waals surface area (Å²) >= 11 is 1.40. The van der Waals surface area contributed by atoms with Crippen molar-refractivity contribution in [2.24, 2.45) is 0 Å². The summed E-state index contributed by atoms with van der Waals surface area (Å²) in [6.07, 6.45) is 1.45. The molecule has 1 saturated heterocycles. The number of aliphatic hydroxyl groups is 1. The SMILES string of the molecule is O=C(c1cccs1)N1C[C@@H](O)[C@H](n2cc(-c3ccc(F)cc3)nn2)C[C@@H]1c1ccccc1. The first-order valence-electron chi connectivity index (χ1n) is 10.4. The summed E-state index contributed by atoms with van der Waals surface area (Å²) in [6, 6.07) is 19.0. The second-order valence-electron chi connectivity index (χ2n) is 7.82. The number of hydrogen-bond acceptors (Lipinski definition) is 5. The van der Waals surface area contributed by atoms with E-state index in [0.717, 1.165) is 11.1 Å². The van der Waals surface area contributed by atoms with Gasteiger partial charge in [0.25, 0.3) is 5.91 Å². The third-order valence-electron chi connectivity index (χ3n) is 5.84. The Morgan fingerprint density at radius 1 is 1.06 bits per heavy atom. The first-order chi connectivity index (χ1) is 15.6. The lowest BCUT2D eigenvalue weighted by molar-refractivity contribution is -0.00382. The minimum absolute atomic E-state index is 0.0862. The van der Waals surface area contributed by atoms with E-state index in [-0.39, 0.29) is 30.4 Å². The number of likely N-dealkylation sites (tertiary alicyclic amines) is 1. The largest absolute Gasteiger partial charge is 0.389 e. The van der Waals surface area contributed by atoms with Crippen molar-refractivity contribution in [2.45, 2.75) is 24.6 Å². The van der Waals surface area contributed by atoms with Crippen LogP contribution in [0.5, 0.6) is 0 Å². The number of carbonyl (C=O) groups is 1. The first-order valence-corrected chi connectivity index (χ1v) is 11.2. The molecule has 0 bridgehead atoms. The number of hydrogen-bond donors (Lipinski definition) is 1. The Morgan fingerprint density at radius 3 is 2.56 bits per heavy atom. The molecule has 2 aromatic heterocycles. The lowest BCUT2D eigenvalue weighted by Gasteiger charge is -2.42. The number of carbonyl (C=O) groups excluding carboxylic acids is 1. The van der Waals surface area contributed by atoms with E-state index in [1.165, 1.54) is 23.5 Å². The highest BCUT2D eigenvalue weighted by atomic mass is 32.1. The molecule has 6 nitrogen and oxygen atoms in total. The maximum atomic E-state index is 13.3. The molecular formula is C24H21FN4O2S. The van der Waals surface area contributed by atoms with Crippen LogP contribution in [-0.4, -0.2) is 43.6 Å². The van der Waals surface area contributed by atoms with Crippen LogP contribution in [0.15, 0.2) is 78.3 Å². The Morgan fingerprint density at radius 2 is 1.84 bits per heavy atom. The second kappa shape index (κ2) is 8.64. The number of amides is 1. The third-order valence-corrected chi connectivity index (χ3v) is 6.69. The molecule has 0 unspecified atom stereocenters. The highest BCUT2D eigenvalue weighted by Gasteiger charge is 2.39. The number of thiophene rings is 1. The highest BCUT2D eigenvalue weighted by Crippen LogP contribution is 2.38. The van der Waals surface area contributed by atoms with Crippen LogP contribution in [0.25, 0.3) is 11.3 Å². The van der Waals surface area contributed by atoms with Gasteiger partial charge in [0.2, 0.25) is 0 Å². The summed E-state index contributed by atoms with van der Waals surface area (Å²) in [5.74, 6) is -0.401. The first kappa shape index (κ1) is 20.5. The molecule has 32 heavy (non-hydrogen) atoms. The fraction of sp³-hybridized carbons (Fsp3) is 0.208. The maximum absolute atomic E-state index is 13.3. The number of halogens is 1. The molecule has 2 aromatic carbocycles. The normalized spacial score (nSPS) is 20.9. The number of rotatable bonds is 4. The number of nitrogens with zero attached hydrogens (tertiary/aromatic N) is 4. The molecule has 1 fully saturated rings. The van der Waals surface area contributed by atoms with Crippen LogP contribution in [0.4, 0.5) is 4.39 Å². The Bertz CT molecular complexity index is 1190. The molecule has 1 amide bonds. The van der Waals surface area contributed by atoms with Gasteiger partial charge >= 0.3 is 0 Å². The van der Waals surface area contributed by atoms with Gasteiger partial charge in [-0.25, -0.2) is 9.07 Å². The zero-order valence-electron chi connectivity index (χ0n) is 17.1. The summed E-state index contributed by atoms with van der Waals surface area (Å²) in [6.45, 7) is 0.187. The molecule has 3 atom stereocenters. The van der Waals surface area contributed by atoms with Gasteiger partial charge in [0, 0.05) is 12.1 Å². The molecule has 0 radical (unpaired) electrons. The van der Waals surface area contributed by atoms with Crippen LogP contribution < -0.4 is 0 Å². The maximum Gasteiger partial charge on any atom is 0.264 e. The van der Waals surface area contributed by atoms with Gasteiger partial charge < -0.3 is 10.0 Å². The lowest BCUT2D eigenvalue weighted by atomic mass is 9.90. The Labute approximate surface area is 188 Å². The average Bonchev–Trinajstić information content (AvgIpc) is 3.52. The molecule has 1 N–H and O–H groups in total. The summed E-state index contributed by atoms with van der Waals surface area (Å²) in [5, 5.41) is 21.3. The van der Waals surface area contributed by atoms with Gasteiger partial charge in [0.1, 0.15) is 11.5 Å². The number of benzene rings is 2. The van der Waals surface area contributed by atoms with Crippen molar-refractivity contribution in [3.63, 3.8) is 0 Å². The number of β-amino-alcohol motifs (C(OH)–C–C–N with tert-alkyl or cyclic N) is 1. The molecule has 4 aromatic rings. The summed E-state index contributed by atoms with van der Waals surface area (Å²) < 4.78 is 14.9. The number of piperidine rings is 1. The van der Waals surface area contributed by atoms with Gasteiger partial charge in [-0.2, -0.15) is 0 Å². The van der Waals surface area contributed by atoms with Gasteiger partial charge in [0.15, 0.2) is 0 Å². The average molecular weight is 449 g/mol. The summed E-state index contributed by atoms with van der Waals surface area (Å²) in [7, 11) is 0. The van der Waals surface area contributed by atoms with Crippen molar-refractivity contribution >= 4 is 17.2 Å². The Kier molecular flexibility index (Phi) is 5.55. The summed E-state index contributed by atoms with van der Waals surface area (Å²) in [5.41, 5.74) is 2.36. The minimum Gasteiger partial charge on any atom is -0.389 e. The molecule has 8 heteroatoms. The molecule has 0 saturated carbocycles. The van der Waals surface area contributed by atoms with Gasteiger partial charge in [-0.05, 0) is 47.7 Å². The smallest absolute Gasteiger partial charge is 0.264 e. The monoisotopic (exact) mass is 448 g/mol. The fourth-order valence-corrected chi connectivity index (χ4v) is 4.88. The van der Waals surface area contributed by atoms with E-state index < -0.39 is 6.10 Å². The quantitative estimate of drug-likeness (QED) is 0.504. The highest BCUT2D eigenvalue weighted by molar-refractivity contribution is 7.12. The van der Waals surface area contributed by atoms with Crippen LogP contribution in [-0.2, 0) is 0 Å². The van der Waals surface area contributed by atoms with E-state index in [4.69, 9.17) is 0 Å². The van der Waals surface area contributed by atoms with Crippen molar-refractivity contribution < 1.29 is 14.3 Å². The van der Waals surface area contributed by atoms with E-state index in [1.807, 2.05) is 41.8 Å². The Hall–Kier alpha value is -3.36. The van der Waals surface area contributed by atoms with E-state index in [1.54, 1.807) is 34.0 Å². The molecule has 5 rings (SSSR count). The molecule has 1 aliphatic heterocycles. The molecule has 1 aliphatic rings. The Balaban J connectivity index is 1.45. The van der Waals surface area contributed by atoms with Crippen molar-refractivity contribution in [2.75, 3.05) is 6.54 Å². The van der Waals surface area contributed by atoms with Crippen molar-refractivity contribution in [1.29, 1.82) is 0 Å². The molecule has 0 aliphatic carbocycles. The van der Waals surface area contributed by atoms with Crippen LogP contribution in [0.3, 0.4) is 0 Å². The topological polar surface area (TPSA) is 71.2 Å². The van der Waals surface area contributed by atoms with Crippen LogP contribution in [0, 0.1) is 5.82 Å². The molecule has 0 spiro atoms. The fourth-order valence-electron chi connectivity index (χ4n) is 4.20. The van der Waals surface area contributed by atoms with Crippen LogP contribution >= 0.6 is 11.3 Å². The zero-order chi connectivity index (χ0) is 22.1. The van der Waals surface area contributed by atoms with Gasteiger partial charge in [-0.15, -0.1) is 16.4 Å². The second-order valence-corrected chi connectivity index (χ2v) is 8.77. The van der Waals surface area contributed by atoms with Crippen LogP contribution in [0.2, 0.25) is 0 Å². The van der Waals surface area contributed by atoms with Crippen molar-refractivity contribution in [1.82, 2.24) is 19.9 Å². The van der Waals surface area contributed by atoms with Gasteiger partial charge in [-0.3, -0.25) is 4.79 Å². The van der Waals surface area contributed by atoms with E-state index in [9.17, 15) is 14.3 Å². The summed E-state index contributed by atoms with van der Waals surface area (Å²) in [4.78, 5) is 15.6. The molecule has 162 valence electrons. The molecular weight excluding hydrogens is 427 g/mol. The molecule has 3 heterocycles. The van der Waals surface area contributed by atoms with Crippen LogP contribution in [0.1, 0.15) is 33.7 Å². The zero-order valence-corrected chi connectivity index (χ0v) is 17.9. The lowest BCUT2D eigenvalue weighted by Crippen LogP contribution is -2.49. The van der Waals surface area contributed by atoms with E-state index in [2.05, 4.69) is 10.3 Å². The van der Waals surface area contributed by atoms with E-state index in [0.29, 0.717) is 17.0 Å².